The Labute approximate surface area is 109 Å². The summed E-state index contributed by atoms with van der Waals surface area (Å²) >= 11 is 3.27. The first kappa shape index (κ1) is 12.3. The zero-order valence-corrected chi connectivity index (χ0v) is 11.4. The van der Waals surface area contributed by atoms with Crippen molar-refractivity contribution in [2.24, 2.45) is 0 Å². The molecule has 88 valence electrons. The van der Waals surface area contributed by atoms with Gasteiger partial charge in [0.2, 0.25) is 0 Å². The molecule has 0 fully saturated rings. The first-order valence-corrected chi connectivity index (χ1v) is 7.55. The lowest BCUT2D eigenvalue weighted by Gasteiger charge is -2.06. The number of halogens is 1. The van der Waals surface area contributed by atoms with Crippen LogP contribution in [0, 0.1) is 0 Å². The summed E-state index contributed by atoms with van der Waals surface area (Å²) < 4.78 is 25.0. The fourth-order valence-electron chi connectivity index (χ4n) is 1.57. The Morgan fingerprint density at radius 2 is 1.47 bits per heavy atom. The summed E-state index contributed by atoms with van der Waals surface area (Å²) in [6, 6.07) is 16.0. The molecule has 0 aromatic heterocycles. The average Bonchev–Trinajstić information content (AvgIpc) is 2.30. The van der Waals surface area contributed by atoms with Gasteiger partial charge in [-0.25, -0.2) is 8.42 Å². The van der Waals surface area contributed by atoms with Crippen LogP contribution >= 0.6 is 15.9 Å². The highest BCUT2D eigenvalue weighted by molar-refractivity contribution is 9.10. The summed E-state index contributed by atoms with van der Waals surface area (Å²) in [5.74, 6) is 0.0243. The molecule has 0 spiro atoms. The highest BCUT2D eigenvalue weighted by Gasteiger charge is 2.17. The Kier molecular flexibility index (Phi) is 3.64. The maximum atomic E-state index is 12.2. The first-order valence-electron chi connectivity index (χ1n) is 5.11. The molecule has 0 radical (unpaired) electrons. The zero-order chi connectivity index (χ0) is 12.3. The molecule has 0 aliphatic rings. The summed E-state index contributed by atoms with van der Waals surface area (Å²) in [7, 11) is -3.29. The predicted octanol–water partition coefficient (Wildman–Crippen LogP) is 3.42. The molecule has 0 saturated heterocycles. The minimum Gasteiger partial charge on any atom is -0.223 e. The van der Waals surface area contributed by atoms with Crippen LogP contribution in [-0.2, 0) is 15.6 Å². The van der Waals surface area contributed by atoms with Crippen molar-refractivity contribution in [3.05, 3.63) is 64.6 Å². The standard InChI is InChI=1S/C13H11BrO2S/c14-12-8-4-5-9-13(12)17(15,16)10-11-6-2-1-3-7-11/h1-9H,10H2. The largest absolute Gasteiger partial charge is 0.223 e. The van der Waals surface area contributed by atoms with Crippen molar-refractivity contribution < 1.29 is 8.42 Å². The predicted molar refractivity (Wildman–Crippen MR) is 71.5 cm³/mol. The van der Waals surface area contributed by atoms with Crippen molar-refractivity contribution in [2.75, 3.05) is 0 Å². The van der Waals surface area contributed by atoms with Gasteiger partial charge in [-0.15, -0.1) is 0 Å². The van der Waals surface area contributed by atoms with Crippen LogP contribution in [0.3, 0.4) is 0 Å². The molecule has 4 heteroatoms. The van der Waals surface area contributed by atoms with E-state index in [1.165, 1.54) is 0 Å². The monoisotopic (exact) mass is 310 g/mol. The Morgan fingerprint density at radius 1 is 0.882 bits per heavy atom. The smallest absolute Gasteiger partial charge is 0.183 e. The van der Waals surface area contributed by atoms with Crippen LogP contribution in [0.1, 0.15) is 5.56 Å². The van der Waals surface area contributed by atoms with Crippen LogP contribution in [-0.4, -0.2) is 8.42 Å². The highest BCUT2D eigenvalue weighted by Crippen LogP contribution is 2.24. The number of hydrogen-bond donors (Lipinski definition) is 0. The van der Waals surface area contributed by atoms with Gasteiger partial charge in [0.05, 0.1) is 10.6 Å². The second kappa shape index (κ2) is 5.02. The normalized spacial score (nSPS) is 11.4. The van der Waals surface area contributed by atoms with E-state index >= 15 is 0 Å². The summed E-state index contributed by atoms with van der Waals surface area (Å²) in [5, 5.41) is 0. The van der Waals surface area contributed by atoms with Crippen molar-refractivity contribution in [1.82, 2.24) is 0 Å². The van der Waals surface area contributed by atoms with Gasteiger partial charge >= 0.3 is 0 Å². The van der Waals surface area contributed by atoms with Crippen LogP contribution in [0.5, 0.6) is 0 Å². The molecule has 0 amide bonds. The van der Waals surface area contributed by atoms with Gasteiger partial charge in [0.15, 0.2) is 9.84 Å². The third-order valence-electron chi connectivity index (χ3n) is 2.37. The van der Waals surface area contributed by atoms with E-state index in [1.807, 2.05) is 30.3 Å². The lowest BCUT2D eigenvalue weighted by molar-refractivity contribution is 0.595. The fraction of sp³-hybridized carbons (Fsp3) is 0.0769. The first-order chi connectivity index (χ1) is 8.09. The Balaban J connectivity index is 2.36. The molecule has 0 bridgehead atoms. The Hall–Kier alpha value is -1.13. The average molecular weight is 311 g/mol. The van der Waals surface area contributed by atoms with Gasteiger partial charge in [-0.2, -0.15) is 0 Å². The molecular formula is C13H11BrO2S. The Morgan fingerprint density at radius 3 is 2.12 bits per heavy atom. The van der Waals surface area contributed by atoms with E-state index in [4.69, 9.17) is 0 Å². The Bertz CT molecular complexity index is 606. The third-order valence-corrected chi connectivity index (χ3v) is 5.06. The second-order valence-electron chi connectivity index (χ2n) is 3.68. The third kappa shape index (κ3) is 2.96. The fourth-order valence-corrected chi connectivity index (χ4v) is 4.03. The van der Waals surface area contributed by atoms with Crippen molar-refractivity contribution in [3.63, 3.8) is 0 Å². The lowest BCUT2D eigenvalue weighted by atomic mass is 10.2. The van der Waals surface area contributed by atoms with E-state index in [2.05, 4.69) is 15.9 Å². The van der Waals surface area contributed by atoms with Crippen molar-refractivity contribution in [2.45, 2.75) is 10.6 Å². The summed E-state index contributed by atoms with van der Waals surface area (Å²) in [5.41, 5.74) is 0.795. The molecule has 0 saturated carbocycles. The van der Waals surface area contributed by atoms with E-state index in [1.54, 1.807) is 24.3 Å². The topological polar surface area (TPSA) is 34.1 Å². The summed E-state index contributed by atoms with van der Waals surface area (Å²) in [4.78, 5) is 0.337. The number of benzene rings is 2. The van der Waals surface area contributed by atoms with Gasteiger partial charge in [-0.3, -0.25) is 0 Å². The number of rotatable bonds is 3. The zero-order valence-electron chi connectivity index (χ0n) is 9.01. The summed E-state index contributed by atoms with van der Waals surface area (Å²) in [6.45, 7) is 0. The van der Waals surface area contributed by atoms with Crippen molar-refractivity contribution in [1.29, 1.82) is 0 Å². The minimum atomic E-state index is -3.29. The van der Waals surface area contributed by atoms with Crippen LogP contribution < -0.4 is 0 Å². The van der Waals surface area contributed by atoms with Gasteiger partial charge in [-0.1, -0.05) is 42.5 Å². The lowest BCUT2D eigenvalue weighted by Crippen LogP contribution is -2.05. The van der Waals surface area contributed by atoms with Gasteiger partial charge in [0.1, 0.15) is 0 Å². The SMILES string of the molecule is O=S(=O)(Cc1ccccc1)c1ccccc1Br. The van der Waals surface area contributed by atoms with Crippen LogP contribution in [0.15, 0.2) is 64.0 Å². The van der Waals surface area contributed by atoms with Crippen LogP contribution in [0.4, 0.5) is 0 Å². The number of sulfone groups is 1. The molecule has 2 rings (SSSR count). The molecule has 0 N–H and O–H groups in total. The molecule has 0 atom stereocenters. The molecule has 2 aromatic carbocycles. The maximum Gasteiger partial charge on any atom is 0.183 e. The van der Waals surface area contributed by atoms with E-state index in [0.29, 0.717) is 9.37 Å². The molecule has 0 aliphatic carbocycles. The highest BCUT2D eigenvalue weighted by atomic mass is 79.9. The van der Waals surface area contributed by atoms with Crippen LogP contribution in [0.25, 0.3) is 0 Å². The van der Waals surface area contributed by atoms with E-state index in [0.717, 1.165) is 5.56 Å². The quantitative estimate of drug-likeness (QED) is 0.870. The van der Waals surface area contributed by atoms with Gasteiger partial charge < -0.3 is 0 Å². The maximum absolute atomic E-state index is 12.2. The van der Waals surface area contributed by atoms with Gasteiger partial charge in [-0.05, 0) is 33.6 Å². The molecule has 0 heterocycles. The van der Waals surface area contributed by atoms with Crippen molar-refractivity contribution >= 4 is 25.8 Å². The molecule has 2 aromatic rings. The molecule has 2 nitrogen and oxygen atoms in total. The van der Waals surface area contributed by atoms with E-state index in [-0.39, 0.29) is 5.75 Å². The summed E-state index contributed by atoms with van der Waals surface area (Å²) in [6.07, 6.45) is 0. The second-order valence-corrected chi connectivity index (χ2v) is 6.49. The van der Waals surface area contributed by atoms with E-state index in [9.17, 15) is 8.42 Å². The molecule has 17 heavy (non-hydrogen) atoms. The van der Waals surface area contributed by atoms with Gasteiger partial charge in [0.25, 0.3) is 0 Å². The molecular weight excluding hydrogens is 300 g/mol. The number of hydrogen-bond acceptors (Lipinski definition) is 2. The minimum absolute atomic E-state index is 0.0243. The van der Waals surface area contributed by atoms with Crippen molar-refractivity contribution in [3.8, 4) is 0 Å². The molecule has 0 unspecified atom stereocenters. The molecule has 0 aliphatic heterocycles. The van der Waals surface area contributed by atoms with Gasteiger partial charge in [0, 0.05) is 4.47 Å². The van der Waals surface area contributed by atoms with Crippen LogP contribution in [0.2, 0.25) is 0 Å². The van der Waals surface area contributed by atoms with E-state index < -0.39 is 9.84 Å².